The Morgan fingerprint density at radius 2 is 2.05 bits per heavy atom. The van der Waals surface area contributed by atoms with Crippen molar-refractivity contribution in [1.29, 1.82) is 0 Å². The fourth-order valence-corrected chi connectivity index (χ4v) is 2.50. The molecule has 0 saturated carbocycles. The molecule has 4 heteroatoms. The van der Waals surface area contributed by atoms with E-state index in [0.29, 0.717) is 19.3 Å². The Morgan fingerprint density at radius 1 is 1.26 bits per heavy atom. The molecular formula is C15H21N3O. The zero-order valence-corrected chi connectivity index (χ0v) is 11.0. The molecule has 0 radical (unpaired) electrons. The van der Waals surface area contributed by atoms with E-state index in [9.17, 15) is 0 Å². The van der Waals surface area contributed by atoms with Crippen LogP contribution in [-0.2, 0) is 6.42 Å². The predicted octanol–water partition coefficient (Wildman–Crippen LogP) is 1.06. The molecule has 1 unspecified atom stereocenters. The van der Waals surface area contributed by atoms with Gasteiger partial charge >= 0.3 is 0 Å². The molecule has 0 spiro atoms. The molecule has 4 nitrogen and oxygen atoms in total. The molecule has 0 heterocycles. The number of rotatable bonds is 4. The molecule has 1 atom stereocenters. The second kappa shape index (κ2) is 5.47. The lowest BCUT2D eigenvalue weighted by molar-refractivity contribution is 0.295. The van der Waals surface area contributed by atoms with Gasteiger partial charge in [-0.3, -0.25) is 0 Å². The lowest BCUT2D eigenvalue weighted by Crippen LogP contribution is -2.42. The Balaban J connectivity index is 2.15. The molecule has 0 bridgehead atoms. The van der Waals surface area contributed by atoms with Gasteiger partial charge < -0.3 is 22.3 Å². The van der Waals surface area contributed by atoms with E-state index in [1.165, 1.54) is 0 Å². The van der Waals surface area contributed by atoms with Crippen LogP contribution in [0.1, 0.15) is 18.4 Å². The Morgan fingerprint density at radius 3 is 2.74 bits per heavy atom. The van der Waals surface area contributed by atoms with Crippen LogP contribution in [0.5, 0.6) is 0 Å². The molecule has 19 heavy (non-hydrogen) atoms. The highest BCUT2D eigenvalue weighted by atomic mass is 16.2. The number of nitrogens with two attached hydrogens (primary N) is 3. The van der Waals surface area contributed by atoms with Crippen LogP contribution in [0, 0.1) is 0 Å². The minimum Gasteiger partial charge on any atom is -0.399 e. The third-order valence-electron chi connectivity index (χ3n) is 3.44. The van der Waals surface area contributed by atoms with Gasteiger partial charge in [0.1, 0.15) is 0 Å². The van der Waals surface area contributed by atoms with E-state index >= 15 is 0 Å². The first-order valence-corrected chi connectivity index (χ1v) is 6.43. The summed E-state index contributed by atoms with van der Waals surface area (Å²) in [6, 6.07) is 7.75. The fraction of sp³-hybridized carbons (Fsp3) is 0.333. The van der Waals surface area contributed by atoms with Crippen molar-refractivity contribution in [2.24, 2.45) is 11.5 Å². The van der Waals surface area contributed by atoms with E-state index in [2.05, 4.69) is 0 Å². The largest absolute Gasteiger partial charge is 0.399 e. The van der Waals surface area contributed by atoms with Gasteiger partial charge in [0.05, 0.1) is 0 Å². The van der Waals surface area contributed by atoms with Crippen molar-refractivity contribution in [2.45, 2.75) is 24.8 Å². The number of aliphatic hydroxyl groups excluding tert-OH is 1. The standard InChI is InChI=1S/C15H21N3O/c16-13-3-1-2-11(8-13)9-15(18)6-4-14(17)12(10-15)5-7-19/h1-4,6,8,19H,5,7,9-10,16-18H2. The number of benzene rings is 1. The van der Waals surface area contributed by atoms with Gasteiger partial charge in [-0.2, -0.15) is 0 Å². The van der Waals surface area contributed by atoms with Crippen LogP contribution in [0.4, 0.5) is 5.69 Å². The molecule has 0 saturated heterocycles. The highest BCUT2D eigenvalue weighted by molar-refractivity contribution is 5.42. The molecular weight excluding hydrogens is 238 g/mol. The van der Waals surface area contributed by atoms with Gasteiger partial charge in [0, 0.05) is 23.5 Å². The van der Waals surface area contributed by atoms with Crippen molar-refractivity contribution >= 4 is 5.69 Å². The predicted molar refractivity (Wildman–Crippen MR) is 78.2 cm³/mol. The normalized spacial score (nSPS) is 22.8. The summed E-state index contributed by atoms with van der Waals surface area (Å²) >= 11 is 0. The van der Waals surface area contributed by atoms with Crippen LogP contribution in [-0.4, -0.2) is 17.3 Å². The van der Waals surface area contributed by atoms with Crippen LogP contribution in [0.3, 0.4) is 0 Å². The van der Waals surface area contributed by atoms with Gasteiger partial charge in [-0.05, 0) is 48.6 Å². The summed E-state index contributed by atoms with van der Waals surface area (Å²) in [7, 11) is 0. The van der Waals surface area contributed by atoms with Crippen molar-refractivity contribution in [2.75, 3.05) is 12.3 Å². The number of aliphatic hydroxyl groups is 1. The second-order valence-corrected chi connectivity index (χ2v) is 5.20. The summed E-state index contributed by atoms with van der Waals surface area (Å²) in [6.07, 6.45) is 5.75. The molecule has 0 aromatic heterocycles. The van der Waals surface area contributed by atoms with E-state index in [1.807, 2.05) is 36.4 Å². The maximum atomic E-state index is 9.06. The SMILES string of the molecule is NC1=C(CCO)CC(N)(Cc2cccc(N)c2)C=C1. The second-order valence-electron chi connectivity index (χ2n) is 5.20. The van der Waals surface area contributed by atoms with Gasteiger partial charge in [-0.1, -0.05) is 18.2 Å². The molecule has 102 valence electrons. The summed E-state index contributed by atoms with van der Waals surface area (Å²) in [6.45, 7) is 0.0955. The minimum absolute atomic E-state index is 0.0955. The van der Waals surface area contributed by atoms with Crippen molar-refractivity contribution in [3.63, 3.8) is 0 Å². The summed E-state index contributed by atoms with van der Waals surface area (Å²) in [5.74, 6) is 0. The zero-order chi connectivity index (χ0) is 13.9. The van der Waals surface area contributed by atoms with E-state index < -0.39 is 5.54 Å². The van der Waals surface area contributed by atoms with Crippen molar-refractivity contribution in [3.05, 3.63) is 53.3 Å². The Labute approximate surface area is 113 Å². The maximum absolute atomic E-state index is 9.06. The average molecular weight is 259 g/mol. The van der Waals surface area contributed by atoms with Crippen molar-refractivity contribution in [1.82, 2.24) is 0 Å². The van der Waals surface area contributed by atoms with Crippen molar-refractivity contribution in [3.8, 4) is 0 Å². The summed E-state index contributed by atoms with van der Waals surface area (Å²) in [4.78, 5) is 0. The number of hydrogen-bond acceptors (Lipinski definition) is 4. The summed E-state index contributed by atoms with van der Waals surface area (Å²) in [5.41, 5.74) is 21.3. The highest BCUT2D eigenvalue weighted by Crippen LogP contribution is 2.28. The molecule has 0 aliphatic heterocycles. The van der Waals surface area contributed by atoms with Crippen LogP contribution in [0.25, 0.3) is 0 Å². The topological polar surface area (TPSA) is 98.3 Å². The lowest BCUT2D eigenvalue weighted by atomic mass is 9.80. The molecule has 2 rings (SSSR count). The van der Waals surface area contributed by atoms with Gasteiger partial charge in [0.15, 0.2) is 0 Å². The van der Waals surface area contributed by atoms with E-state index in [4.69, 9.17) is 22.3 Å². The molecule has 1 aliphatic carbocycles. The minimum atomic E-state index is -0.457. The first-order chi connectivity index (χ1) is 9.02. The number of hydrogen-bond donors (Lipinski definition) is 4. The van der Waals surface area contributed by atoms with Gasteiger partial charge in [-0.15, -0.1) is 0 Å². The number of allylic oxidation sites excluding steroid dienone is 1. The highest BCUT2D eigenvalue weighted by Gasteiger charge is 2.27. The smallest absolute Gasteiger partial charge is 0.0469 e. The lowest BCUT2D eigenvalue weighted by Gasteiger charge is -2.31. The molecule has 7 N–H and O–H groups in total. The van der Waals surface area contributed by atoms with Gasteiger partial charge in [0.25, 0.3) is 0 Å². The number of nitrogen functional groups attached to an aromatic ring is 1. The first kappa shape index (κ1) is 13.6. The Kier molecular flexibility index (Phi) is 3.93. The van der Waals surface area contributed by atoms with Crippen LogP contribution < -0.4 is 17.2 Å². The third kappa shape index (κ3) is 3.36. The monoisotopic (exact) mass is 259 g/mol. The van der Waals surface area contributed by atoms with Crippen LogP contribution in [0.15, 0.2) is 47.7 Å². The Bertz CT molecular complexity index is 522. The van der Waals surface area contributed by atoms with E-state index in [0.717, 1.165) is 22.5 Å². The van der Waals surface area contributed by atoms with Gasteiger partial charge in [0.2, 0.25) is 0 Å². The maximum Gasteiger partial charge on any atom is 0.0469 e. The molecule has 1 aliphatic rings. The summed E-state index contributed by atoms with van der Waals surface area (Å²) < 4.78 is 0. The fourth-order valence-electron chi connectivity index (χ4n) is 2.50. The summed E-state index contributed by atoms with van der Waals surface area (Å²) in [5, 5.41) is 9.06. The van der Waals surface area contributed by atoms with Crippen LogP contribution in [0.2, 0.25) is 0 Å². The van der Waals surface area contributed by atoms with Crippen molar-refractivity contribution < 1.29 is 5.11 Å². The molecule has 0 fully saturated rings. The molecule has 0 amide bonds. The van der Waals surface area contributed by atoms with E-state index in [1.54, 1.807) is 0 Å². The van der Waals surface area contributed by atoms with Crippen LogP contribution >= 0.6 is 0 Å². The third-order valence-corrected chi connectivity index (χ3v) is 3.44. The quantitative estimate of drug-likeness (QED) is 0.608. The first-order valence-electron chi connectivity index (χ1n) is 6.43. The van der Waals surface area contributed by atoms with Gasteiger partial charge in [-0.25, -0.2) is 0 Å². The zero-order valence-electron chi connectivity index (χ0n) is 11.0. The average Bonchev–Trinajstić information content (AvgIpc) is 2.34. The van der Waals surface area contributed by atoms with E-state index in [-0.39, 0.29) is 6.61 Å². The molecule has 1 aromatic rings. The number of anilines is 1. The molecule has 1 aromatic carbocycles. The Hall–Kier alpha value is -1.78.